The summed E-state index contributed by atoms with van der Waals surface area (Å²) in [6.45, 7) is 6.41. The first-order chi connectivity index (χ1) is 12.0. The molecule has 0 spiro atoms. The van der Waals surface area contributed by atoms with E-state index in [1.807, 2.05) is 18.3 Å². The van der Waals surface area contributed by atoms with E-state index in [2.05, 4.69) is 48.9 Å². The van der Waals surface area contributed by atoms with Crippen LogP contribution in [-0.4, -0.2) is 21.9 Å². The van der Waals surface area contributed by atoms with Crippen LogP contribution in [0, 0.1) is 0 Å². The number of imide groups is 1. The number of nitrogens with zero attached hydrogens (tertiary/aromatic N) is 2. The maximum Gasteiger partial charge on any atom is 0.226 e. The monoisotopic (exact) mass is 337 g/mol. The van der Waals surface area contributed by atoms with Gasteiger partial charge in [0.2, 0.25) is 12.3 Å². The lowest BCUT2D eigenvalue weighted by Crippen LogP contribution is -2.21. The number of carbonyl (C=O) groups excluding carboxylic acids is 2. The van der Waals surface area contributed by atoms with Crippen LogP contribution in [0.2, 0.25) is 0 Å². The summed E-state index contributed by atoms with van der Waals surface area (Å²) < 4.78 is 2.20. The summed E-state index contributed by atoms with van der Waals surface area (Å²) in [6, 6.07) is 10.6. The lowest BCUT2D eigenvalue weighted by molar-refractivity contribution is -0.125. The molecule has 130 valence electrons. The SMILES string of the molecule is CC(C)c1cnc2c(c1)c1ccccc1n2C(C)CCC(=O)NC=O. The smallest absolute Gasteiger partial charge is 0.226 e. The average molecular weight is 337 g/mol. The van der Waals surface area contributed by atoms with Gasteiger partial charge in [0.15, 0.2) is 0 Å². The first kappa shape index (κ1) is 17.1. The summed E-state index contributed by atoms with van der Waals surface area (Å²) in [4.78, 5) is 26.7. The molecule has 2 amide bonds. The van der Waals surface area contributed by atoms with Gasteiger partial charge >= 0.3 is 0 Å². The Hall–Kier alpha value is -2.69. The van der Waals surface area contributed by atoms with E-state index >= 15 is 0 Å². The van der Waals surface area contributed by atoms with Crippen molar-refractivity contribution in [2.75, 3.05) is 0 Å². The molecule has 2 aromatic heterocycles. The minimum atomic E-state index is -0.252. The predicted octanol–water partition coefficient (Wildman–Crippen LogP) is 3.93. The van der Waals surface area contributed by atoms with Crippen LogP contribution in [-0.2, 0) is 9.59 Å². The van der Waals surface area contributed by atoms with Crippen LogP contribution in [0.25, 0.3) is 21.9 Å². The quantitative estimate of drug-likeness (QED) is 0.693. The number of aromatic nitrogens is 2. The first-order valence-corrected chi connectivity index (χ1v) is 8.64. The van der Waals surface area contributed by atoms with Crippen molar-refractivity contribution in [1.29, 1.82) is 0 Å². The van der Waals surface area contributed by atoms with Crippen molar-refractivity contribution in [3.8, 4) is 0 Å². The molecule has 1 aromatic carbocycles. The Kier molecular flexibility index (Phi) is 4.83. The summed E-state index contributed by atoms with van der Waals surface area (Å²) >= 11 is 0. The lowest BCUT2D eigenvalue weighted by atomic mass is 10.0. The predicted molar refractivity (Wildman–Crippen MR) is 99.5 cm³/mol. The number of fused-ring (bicyclic) bond motifs is 3. The molecule has 0 aliphatic carbocycles. The van der Waals surface area contributed by atoms with Crippen molar-refractivity contribution in [3.05, 3.63) is 42.1 Å². The second-order valence-electron chi connectivity index (χ2n) is 6.75. The van der Waals surface area contributed by atoms with E-state index in [1.54, 1.807) is 0 Å². The third-order valence-corrected chi connectivity index (χ3v) is 4.69. The Morgan fingerprint density at radius 1 is 1.24 bits per heavy atom. The number of hydrogen-bond donors (Lipinski definition) is 1. The van der Waals surface area contributed by atoms with E-state index < -0.39 is 0 Å². The number of hydrogen-bond acceptors (Lipinski definition) is 3. The van der Waals surface area contributed by atoms with Gasteiger partial charge in [-0.2, -0.15) is 0 Å². The Balaban J connectivity index is 2.06. The fourth-order valence-corrected chi connectivity index (χ4v) is 3.26. The fraction of sp³-hybridized carbons (Fsp3) is 0.350. The summed E-state index contributed by atoms with van der Waals surface area (Å²) in [7, 11) is 0. The molecule has 2 heterocycles. The van der Waals surface area contributed by atoms with Crippen molar-refractivity contribution in [3.63, 3.8) is 0 Å². The van der Waals surface area contributed by atoms with Gasteiger partial charge in [0.05, 0.1) is 5.52 Å². The minimum absolute atomic E-state index is 0.0946. The van der Waals surface area contributed by atoms with Gasteiger partial charge in [0.1, 0.15) is 5.65 Å². The van der Waals surface area contributed by atoms with Crippen molar-refractivity contribution in [2.24, 2.45) is 0 Å². The largest absolute Gasteiger partial charge is 0.322 e. The van der Waals surface area contributed by atoms with Gasteiger partial charge in [-0.3, -0.25) is 14.9 Å². The van der Waals surface area contributed by atoms with E-state index in [0.29, 0.717) is 25.2 Å². The molecule has 5 heteroatoms. The molecule has 0 radical (unpaired) electrons. The second-order valence-corrected chi connectivity index (χ2v) is 6.75. The van der Waals surface area contributed by atoms with E-state index in [4.69, 9.17) is 4.98 Å². The van der Waals surface area contributed by atoms with Gasteiger partial charge in [-0.1, -0.05) is 32.0 Å². The van der Waals surface area contributed by atoms with Crippen molar-refractivity contribution in [2.45, 2.75) is 45.6 Å². The summed E-state index contributed by atoms with van der Waals surface area (Å²) in [5, 5.41) is 4.52. The average Bonchev–Trinajstić information content (AvgIpc) is 2.93. The van der Waals surface area contributed by atoms with Gasteiger partial charge in [-0.05, 0) is 37.0 Å². The maximum absolute atomic E-state index is 11.6. The molecule has 1 unspecified atom stereocenters. The zero-order chi connectivity index (χ0) is 18.0. The molecule has 0 aliphatic heterocycles. The molecule has 5 nitrogen and oxygen atoms in total. The molecule has 3 rings (SSSR count). The molecule has 1 atom stereocenters. The van der Waals surface area contributed by atoms with E-state index in [-0.39, 0.29) is 11.9 Å². The standard InChI is InChI=1S/C20H23N3O2/c1-13(2)15-10-17-16-6-4-5-7-18(16)23(20(17)21-11-15)14(3)8-9-19(25)22-12-24/h4-7,10-14H,8-9H2,1-3H3,(H,22,24,25). The highest BCUT2D eigenvalue weighted by molar-refractivity contribution is 6.07. The second kappa shape index (κ2) is 7.05. The normalized spacial score (nSPS) is 12.6. The summed E-state index contributed by atoms with van der Waals surface area (Å²) in [5.74, 6) is 0.168. The number of rotatable bonds is 6. The zero-order valence-electron chi connectivity index (χ0n) is 14.8. The Morgan fingerprint density at radius 3 is 2.72 bits per heavy atom. The van der Waals surface area contributed by atoms with Gasteiger partial charge in [-0.25, -0.2) is 4.98 Å². The van der Waals surface area contributed by atoms with Crippen LogP contribution in [0.1, 0.15) is 51.1 Å². The van der Waals surface area contributed by atoms with Crippen LogP contribution >= 0.6 is 0 Å². The van der Waals surface area contributed by atoms with Gasteiger partial charge in [-0.15, -0.1) is 0 Å². The fourth-order valence-electron chi connectivity index (χ4n) is 3.26. The molecule has 0 bridgehead atoms. The number of benzene rings is 1. The third kappa shape index (κ3) is 3.27. The lowest BCUT2D eigenvalue weighted by Gasteiger charge is -2.16. The van der Waals surface area contributed by atoms with Crippen molar-refractivity contribution < 1.29 is 9.59 Å². The summed E-state index contributed by atoms with van der Waals surface area (Å²) in [5.41, 5.74) is 3.27. The molecule has 0 fully saturated rings. The number of amides is 2. The first-order valence-electron chi connectivity index (χ1n) is 8.64. The number of carbonyl (C=O) groups is 2. The van der Waals surface area contributed by atoms with Crippen LogP contribution in [0.4, 0.5) is 0 Å². The van der Waals surface area contributed by atoms with Crippen LogP contribution in [0.15, 0.2) is 36.5 Å². The van der Waals surface area contributed by atoms with E-state index in [1.165, 1.54) is 10.9 Å². The minimum Gasteiger partial charge on any atom is -0.322 e. The number of pyridine rings is 1. The molecule has 25 heavy (non-hydrogen) atoms. The van der Waals surface area contributed by atoms with E-state index in [9.17, 15) is 9.59 Å². The molecule has 0 saturated carbocycles. The van der Waals surface area contributed by atoms with Gasteiger partial charge in [0, 0.05) is 29.4 Å². The molecule has 0 aliphatic rings. The highest BCUT2D eigenvalue weighted by atomic mass is 16.2. The van der Waals surface area contributed by atoms with E-state index in [0.717, 1.165) is 16.6 Å². The van der Waals surface area contributed by atoms with Crippen molar-refractivity contribution >= 4 is 34.3 Å². The van der Waals surface area contributed by atoms with Crippen LogP contribution in [0.3, 0.4) is 0 Å². The maximum atomic E-state index is 11.6. The number of nitrogens with one attached hydrogen (secondary N) is 1. The highest BCUT2D eigenvalue weighted by Gasteiger charge is 2.17. The zero-order valence-corrected chi connectivity index (χ0v) is 14.8. The third-order valence-electron chi connectivity index (χ3n) is 4.69. The molecular weight excluding hydrogens is 314 g/mol. The van der Waals surface area contributed by atoms with Gasteiger partial charge < -0.3 is 4.57 Å². The van der Waals surface area contributed by atoms with Crippen LogP contribution < -0.4 is 5.32 Å². The van der Waals surface area contributed by atoms with Gasteiger partial charge in [0.25, 0.3) is 0 Å². The highest BCUT2D eigenvalue weighted by Crippen LogP contribution is 2.33. The number of para-hydroxylation sites is 1. The molecule has 3 aromatic rings. The molecule has 0 saturated heterocycles. The van der Waals surface area contributed by atoms with Crippen LogP contribution in [0.5, 0.6) is 0 Å². The molecular formula is C20H23N3O2. The topological polar surface area (TPSA) is 64.0 Å². The molecule has 1 N–H and O–H groups in total. The summed E-state index contributed by atoms with van der Waals surface area (Å²) in [6.07, 6.45) is 3.32. The Labute approximate surface area is 147 Å². The Morgan fingerprint density at radius 2 is 2.00 bits per heavy atom. The Bertz CT molecular complexity index is 927. The van der Waals surface area contributed by atoms with Crippen molar-refractivity contribution in [1.82, 2.24) is 14.9 Å².